The van der Waals surface area contributed by atoms with Crippen molar-refractivity contribution in [3.63, 3.8) is 0 Å². The van der Waals surface area contributed by atoms with Gasteiger partial charge in [0.15, 0.2) is 18.6 Å². The number of rotatable bonds is 5. The lowest BCUT2D eigenvalue weighted by atomic mass is 10.3. The highest BCUT2D eigenvalue weighted by atomic mass is 31.2. The van der Waals surface area contributed by atoms with E-state index in [2.05, 4.69) is 15.1 Å². The average molecular weight is 281 g/mol. The van der Waals surface area contributed by atoms with Crippen LogP contribution in [0.15, 0.2) is 36.9 Å². The van der Waals surface area contributed by atoms with Crippen molar-refractivity contribution in [3.05, 3.63) is 36.9 Å². The molecule has 0 aliphatic rings. The lowest BCUT2D eigenvalue weighted by Crippen LogP contribution is -2.37. The predicted octanol–water partition coefficient (Wildman–Crippen LogP) is 0.394. The Balaban J connectivity index is 1.97. The van der Waals surface area contributed by atoms with Crippen LogP contribution >= 0.6 is 7.60 Å². The number of hydrogen-bond donors (Lipinski definition) is 2. The zero-order valence-electron chi connectivity index (χ0n) is 10.1. The highest BCUT2D eigenvalue weighted by molar-refractivity contribution is 7.51. The maximum atomic E-state index is 10.7. The minimum atomic E-state index is -3.92. The summed E-state index contributed by atoms with van der Waals surface area (Å²) in [6, 6.07) is 3.56. The molecule has 0 spiro atoms. The second-order valence-corrected chi connectivity index (χ2v) is 5.77. The van der Waals surface area contributed by atoms with Gasteiger partial charge in [0.05, 0.1) is 6.16 Å². The molecule has 100 valence electrons. The van der Waals surface area contributed by atoms with Gasteiger partial charge in [-0.1, -0.05) is 4.68 Å². The predicted molar refractivity (Wildman–Crippen MR) is 67.0 cm³/mol. The third kappa shape index (κ3) is 4.48. The summed E-state index contributed by atoms with van der Waals surface area (Å²) in [5, 5.41) is 4.16. The van der Waals surface area contributed by atoms with Gasteiger partial charge in [-0.15, -0.1) is 0 Å². The molecule has 0 radical (unpaired) electrons. The summed E-state index contributed by atoms with van der Waals surface area (Å²) in [4.78, 5) is 25.7. The smallest absolute Gasteiger partial charge is 0.324 e. The first-order chi connectivity index (χ1) is 9.04. The van der Waals surface area contributed by atoms with Crippen molar-refractivity contribution >= 4 is 7.60 Å². The van der Waals surface area contributed by atoms with Gasteiger partial charge in [-0.2, -0.15) is 0 Å². The molecule has 0 saturated carbocycles. The summed E-state index contributed by atoms with van der Waals surface area (Å²) in [5.41, 5.74) is 0.798. The topological polar surface area (TPSA) is 100 Å². The van der Waals surface area contributed by atoms with E-state index in [0.29, 0.717) is 18.8 Å². The normalized spacial score (nSPS) is 11.5. The molecule has 0 bridgehead atoms. The van der Waals surface area contributed by atoms with E-state index in [4.69, 9.17) is 9.79 Å². The molecular weight excluding hydrogens is 267 g/mol. The Morgan fingerprint density at radius 2 is 2.00 bits per heavy atom. The van der Waals surface area contributed by atoms with Crippen LogP contribution in [0.4, 0.5) is 0 Å². The molecule has 0 amide bonds. The summed E-state index contributed by atoms with van der Waals surface area (Å²) in [5.74, 6) is 0.595. The van der Waals surface area contributed by atoms with Gasteiger partial charge in [-0.05, 0) is 11.2 Å². The fraction of sp³-hybridized carbons (Fsp3) is 0.273. The van der Waals surface area contributed by atoms with Crippen LogP contribution in [0, 0.1) is 0 Å². The van der Waals surface area contributed by atoms with E-state index in [0.717, 1.165) is 5.56 Å². The molecule has 2 rings (SSSR count). The van der Waals surface area contributed by atoms with Crippen LogP contribution in [-0.4, -0.2) is 31.0 Å². The molecule has 0 aliphatic heterocycles. The van der Waals surface area contributed by atoms with Crippen LogP contribution in [0.5, 0.6) is 0 Å². The van der Waals surface area contributed by atoms with Crippen LogP contribution < -0.4 is 4.68 Å². The third-order valence-corrected chi connectivity index (χ3v) is 3.33. The van der Waals surface area contributed by atoms with Crippen molar-refractivity contribution in [2.75, 3.05) is 6.16 Å². The molecular formula is C11H14N4O3P+. The molecule has 0 saturated heterocycles. The van der Waals surface area contributed by atoms with E-state index < -0.39 is 7.60 Å². The second kappa shape index (κ2) is 5.97. The van der Waals surface area contributed by atoms with E-state index in [1.807, 2.05) is 6.07 Å². The molecule has 7 nitrogen and oxygen atoms in total. The maximum Gasteiger partial charge on any atom is 0.325 e. The Bertz CT molecular complexity index is 570. The lowest BCUT2D eigenvalue weighted by molar-refractivity contribution is -0.753. The number of nitrogens with zero attached hydrogens (tertiary/aromatic N) is 4. The van der Waals surface area contributed by atoms with Gasteiger partial charge in [-0.3, -0.25) is 4.57 Å². The van der Waals surface area contributed by atoms with Crippen LogP contribution in [0.2, 0.25) is 0 Å². The molecule has 0 aliphatic carbocycles. The van der Waals surface area contributed by atoms with E-state index >= 15 is 0 Å². The van der Waals surface area contributed by atoms with E-state index in [1.54, 1.807) is 35.5 Å². The van der Waals surface area contributed by atoms with Gasteiger partial charge in [0.25, 0.3) is 0 Å². The van der Waals surface area contributed by atoms with Crippen molar-refractivity contribution in [1.82, 2.24) is 15.1 Å². The first kappa shape index (κ1) is 13.7. The van der Waals surface area contributed by atoms with Crippen LogP contribution in [-0.2, 0) is 11.1 Å². The van der Waals surface area contributed by atoms with Crippen molar-refractivity contribution in [3.8, 4) is 11.4 Å². The van der Waals surface area contributed by atoms with Gasteiger partial charge in [-0.25, -0.2) is 9.97 Å². The summed E-state index contributed by atoms with van der Waals surface area (Å²) in [7, 11) is -3.92. The van der Waals surface area contributed by atoms with Crippen molar-refractivity contribution < 1.29 is 19.0 Å². The van der Waals surface area contributed by atoms with Crippen LogP contribution in [0.3, 0.4) is 0 Å². The SMILES string of the molecule is O=P(O)(O)CCC[n+]1ccc(-c2ncccn2)cn1. The van der Waals surface area contributed by atoms with E-state index in [1.165, 1.54) is 0 Å². The van der Waals surface area contributed by atoms with Crippen LogP contribution in [0.1, 0.15) is 6.42 Å². The minimum Gasteiger partial charge on any atom is -0.324 e. The Hall–Kier alpha value is -1.69. The molecule has 19 heavy (non-hydrogen) atoms. The summed E-state index contributed by atoms with van der Waals surface area (Å²) in [6.45, 7) is 0.459. The molecule has 8 heteroatoms. The van der Waals surface area contributed by atoms with Gasteiger partial charge in [0, 0.05) is 30.4 Å². The standard InChI is InChI=1S/C11H13N4O3P/c16-19(17,18)8-2-6-15-7-3-10(9-14-15)11-12-4-1-5-13-11/h1,3-5,7,9H,2,6,8H2,(H-,16,17,18)/p+1. The fourth-order valence-electron chi connectivity index (χ4n) is 1.54. The molecule has 2 heterocycles. The molecule has 0 aromatic carbocycles. The van der Waals surface area contributed by atoms with Crippen molar-refractivity contribution in [2.24, 2.45) is 0 Å². The first-order valence-corrected chi connectivity index (χ1v) is 7.52. The number of aryl methyl sites for hydroxylation is 1. The number of hydrogen-bond acceptors (Lipinski definition) is 4. The molecule has 2 N–H and O–H groups in total. The van der Waals surface area contributed by atoms with Gasteiger partial charge >= 0.3 is 7.60 Å². The lowest BCUT2D eigenvalue weighted by Gasteiger charge is -2.00. The van der Waals surface area contributed by atoms with Gasteiger partial charge in [0.1, 0.15) is 6.20 Å². The Morgan fingerprint density at radius 3 is 2.58 bits per heavy atom. The number of aromatic nitrogens is 4. The molecule has 0 unspecified atom stereocenters. The zero-order chi connectivity index (χ0) is 13.7. The largest absolute Gasteiger partial charge is 0.325 e. The Kier molecular flexibility index (Phi) is 4.31. The zero-order valence-corrected chi connectivity index (χ0v) is 11.0. The quantitative estimate of drug-likeness (QED) is 0.607. The first-order valence-electron chi connectivity index (χ1n) is 5.72. The molecule has 0 atom stereocenters. The minimum absolute atomic E-state index is 0.134. The summed E-state index contributed by atoms with van der Waals surface area (Å²) < 4.78 is 12.3. The van der Waals surface area contributed by atoms with Crippen molar-refractivity contribution in [2.45, 2.75) is 13.0 Å². The second-order valence-electron chi connectivity index (χ2n) is 3.99. The Morgan fingerprint density at radius 1 is 1.26 bits per heavy atom. The molecule has 0 fully saturated rings. The highest BCUT2D eigenvalue weighted by Gasteiger charge is 2.14. The molecule has 2 aromatic rings. The van der Waals surface area contributed by atoms with E-state index in [9.17, 15) is 4.57 Å². The van der Waals surface area contributed by atoms with Gasteiger partial charge in [0.2, 0.25) is 0 Å². The van der Waals surface area contributed by atoms with E-state index in [-0.39, 0.29) is 6.16 Å². The fourth-order valence-corrected chi connectivity index (χ4v) is 2.09. The van der Waals surface area contributed by atoms with Gasteiger partial charge < -0.3 is 9.79 Å². The highest BCUT2D eigenvalue weighted by Crippen LogP contribution is 2.34. The summed E-state index contributed by atoms with van der Waals surface area (Å²) >= 11 is 0. The van der Waals surface area contributed by atoms with Crippen LogP contribution in [0.25, 0.3) is 11.4 Å². The maximum absolute atomic E-state index is 10.7. The monoisotopic (exact) mass is 281 g/mol. The average Bonchev–Trinajstić information content (AvgIpc) is 2.39. The summed E-state index contributed by atoms with van der Waals surface area (Å²) in [6.07, 6.45) is 6.93. The molecule has 2 aromatic heterocycles. The Labute approximate surface area is 110 Å². The third-order valence-electron chi connectivity index (χ3n) is 2.43. The van der Waals surface area contributed by atoms with Crippen molar-refractivity contribution in [1.29, 1.82) is 0 Å².